The molecule has 0 saturated heterocycles. The summed E-state index contributed by atoms with van der Waals surface area (Å²) in [7, 11) is 0. The van der Waals surface area contributed by atoms with Crippen LogP contribution in [0.2, 0.25) is 0 Å². The Morgan fingerprint density at radius 1 is 0.250 bits per heavy atom. The fourth-order valence-electron chi connectivity index (χ4n) is 13.7. The Kier molecular flexibility index (Phi) is 7.08. The van der Waals surface area contributed by atoms with Gasteiger partial charge in [0.1, 0.15) is 44.7 Å². The van der Waals surface area contributed by atoms with E-state index in [1.165, 1.54) is 66.1 Å². The number of furan rings is 4. The molecular formula is C68H42O4. The number of benzene rings is 11. The van der Waals surface area contributed by atoms with Crippen molar-refractivity contribution in [1.82, 2.24) is 0 Å². The first kappa shape index (κ1) is 38.9. The number of rotatable bonds is 2. The molecular weight excluding hydrogens is 881 g/mol. The van der Waals surface area contributed by atoms with Gasteiger partial charge in [-0.15, -0.1) is 0 Å². The van der Waals surface area contributed by atoms with E-state index in [1.54, 1.807) is 0 Å². The van der Waals surface area contributed by atoms with Crippen molar-refractivity contribution in [2.75, 3.05) is 0 Å². The van der Waals surface area contributed by atoms with Gasteiger partial charge < -0.3 is 17.7 Å². The van der Waals surface area contributed by atoms with E-state index in [4.69, 9.17) is 17.7 Å². The van der Waals surface area contributed by atoms with Crippen LogP contribution in [0.15, 0.2) is 200 Å². The first-order valence-electron chi connectivity index (χ1n) is 25.1. The van der Waals surface area contributed by atoms with Gasteiger partial charge in [0, 0.05) is 65.0 Å². The maximum absolute atomic E-state index is 7.17. The van der Waals surface area contributed by atoms with Gasteiger partial charge in [-0.25, -0.2) is 0 Å². The molecule has 0 saturated carbocycles. The monoisotopic (exact) mass is 922 g/mol. The summed E-state index contributed by atoms with van der Waals surface area (Å²) < 4.78 is 28.4. The van der Waals surface area contributed by atoms with Gasteiger partial charge in [0.25, 0.3) is 0 Å². The second-order valence-electron chi connectivity index (χ2n) is 21.4. The molecule has 15 aromatic rings. The highest BCUT2D eigenvalue weighted by Crippen LogP contribution is 2.57. The van der Waals surface area contributed by atoms with Gasteiger partial charge in [-0.3, -0.25) is 0 Å². The third kappa shape index (κ3) is 4.69. The van der Waals surface area contributed by atoms with Gasteiger partial charge in [0.2, 0.25) is 0 Å². The fourth-order valence-corrected chi connectivity index (χ4v) is 13.7. The molecule has 0 spiro atoms. The van der Waals surface area contributed by atoms with Crippen LogP contribution in [0.25, 0.3) is 154 Å². The molecule has 0 amide bonds. The Hall–Kier alpha value is -8.86. The molecule has 4 heterocycles. The lowest BCUT2D eigenvalue weighted by atomic mass is 9.80. The number of hydrogen-bond donors (Lipinski definition) is 0. The second-order valence-corrected chi connectivity index (χ2v) is 21.4. The SMILES string of the molecule is CC1(C)c2ccccc2-c2c1cc(-c1cc3oc4cc5c(cc4c3c3c1oc1ccccc13)oc1cc(-c3cc4c(c6ccccc36)-c3ccccc3C4(C)C)c3oc4ccccc4c3c15)c1ccccc21. The van der Waals surface area contributed by atoms with Gasteiger partial charge in [0.05, 0.1) is 0 Å². The molecule has 0 atom stereocenters. The Bertz CT molecular complexity index is 4670. The third-order valence-electron chi connectivity index (χ3n) is 17.0. The van der Waals surface area contributed by atoms with Crippen molar-refractivity contribution < 1.29 is 17.7 Å². The maximum Gasteiger partial charge on any atom is 0.144 e. The van der Waals surface area contributed by atoms with E-state index >= 15 is 0 Å². The van der Waals surface area contributed by atoms with Crippen molar-refractivity contribution >= 4 is 109 Å². The largest absolute Gasteiger partial charge is 0.456 e. The van der Waals surface area contributed by atoms with E-state index in [0.717, 1.165) is 110 Å². The Labute approximate surface area is 412 Å². The van der Waals surface area contributed by atoms with E-state index < -0.39 is 0 Å². The normalized spacial score (nSPS) is 14.6. The molecule has 0 fully saturated rings. The number of fused-ring (bicyclic) bond motifs is 24. The van der Waals surface area contributed by atoms with Crippen LogP contribution in [0.1, 0.15) is 49.9 Å². The summed E-state index contributed by atoms with van der Waals surface area (Å²) in [5.41, 5.74) is 21.0. The molecule has 0 radical (unpaired) electrons. The lowest BCUT2D eigenvalue weighted by molar-refractivity contribution is 0.659. The first-order valence-corrected chi connectivity index (χ1v) is 25.1. The highest BCUT2D eigenvalue weighted by Gasteiger charge is 2.39. The predicted octanol–water partition coefficient (Wildman–Crippen LogP) is 19.5. The van der Waals surface area contributed by atoms with Crippen molar-refractivity contribution in [3.8, 4) is 44.5 Å². The number of para-hydroxylation sites is 2. The molecule has 0 unspecified atom stereocenters. The Morgan fingerprint density at radius 2 is 0.625 bits per heavy atom. The standard InChI is InChI=1S/C68H42O4/c1-67(2)49-25-13-9-21-39(49)59-37-19-7-5-17-35(37)43(29-51(59)67)45-31-57-61(63-41-23-11-15-27-53(41)71-65(45)63)47-33-56-48(34-55(47)69-57)62-58(70-56)32-46(66-64(62)42-24-12-16-28-54(42)72-66)44-30-52-60(38-20-8-6-18-36(38)44)40-22-10-14-26-50(40)68(52,3)4/h5-34H,1-4H3. The fraction of sp³-hybridized carbons (Fsp3) is 0.0882. The van der Waals surface area contributed by atoms with Gasteiger partial charge in [-0.05, 0) is 126 Å². The van der Waals surface area contributed by atoms with E-state index in [0.29, 0.717) is 0 Å². The molecule has 4 heteroatoms. The second kappa shape index (κ2) is 13.1. The summed E-state index contributed by atoms with van der Waals surface area (Å²) in [6, 6.07) is 66.0. The van der Waals surface area contributed by atoms with Crippen LogP contribution in [0.4, 0.5) is 0 Å². The zero-order valence-corrected chi connectivity index (χ0v) is 40.0. The molecule has 0 aliphatic heterocycles. The Balaban J connectivity index is 0.949. The van der Waals surface area contributed by atoms with Crippen LogP contribution >= 0.6 is 0 Å². The summed E-state index contributed by atoms with van der Waals surface area (Å²) in [6.07, 6.45) is 0. The molecule has 4 nitrogen and oxygen atoms in total. The van der Waals surface area contributed by atoms with Crippen molar-refractivity contribution in [3.63, 3.8) is 0 Å². The van der Waals surface area contributed by atoms with Crippen LogP contribution in [0, 0.1) is 0 Å². The molecule has 0 bridgehead atoms. The minimum Gasteiger partial charge on any atom is -0.456 e. The maximum atomic E-state index is 7.17. The highest BCUT2D eigenvalue weighted by molar-refractivity contribution is 6.33. The first-order chi connectivity index (χ1) is 35.2. The summed E-state index contributed by atoms with van der Waals surface area (Å²) >= 11 is 0. The summed E-state index contributed by atoms with van der Waals surface area (Å²) in [5.74, 6) is 0. The summed E-state index contributed by atoms with van der Waals surface area (Å²) in [5, 5.41) is 13.0. The molecule has 72 heavy (non-hydrogen) atoms. The predicted molar refractivity (Wildman–Crippen MR) is 297 cm³/mol. The molecule has 0 N–H and O–H groups in total. The average Bonchev–Trinajstić information content (AvgIpc) is 4.24. The van der Waals surface area contributed by atoms with Crippen LogP contribution in [0.5, 0.6) is 0 Å². The zero-order chi connectivity index (χ0) is 47.5. The van der Waals surface area contributed by atoms with Crippen molar-refractivity contribution in [3.05, 3.63) is 204 Å². The van der Waals surface area contributed by atoms with Crippen molar-refractivity contribution in [2.45, 2.75) is 38.5 Å². The zero-order valence-electron chi connectivity index (χ0n) is 40.0. The summed E-state index contributed by atoms with van der Waals surface area (Å²) in [4.78, 5) is 0. The Morgan fingerprint density at radius 3 is 1.07 bits per heavy atom. The van der Waals surface area contributed by atoms with Gasteiger partial charge in [-0.1, -0.05) is 161 Å². The molecule has 11 aromatic carbocycles. The van der Waals surface area contributed by atoms with Crippen LogP contribution in [-0.4, -0.2) is 0 Å². The smallest absolute Gasteiger partial charge is 0.144 e. The lowest BCUT2D eigenvalue weighted by Gasteiger charge is -2.23. The van der Waals surface area contributed by atoms with E-state index in [-0.39, 0.29) is 10.8 Å². The van der Waals surface area contributed by atoms with Crippen molar-refractivity contribution in [2.24, 2.45) is 0 Å². The third-order valence-corrected chi connectivity index (χ3v) is 17.0. The van der Waals surface area contributed by atoms with Crippen LogP contribution in [0.3, 0.4) is 0 Å². The van der Waals surface area contributed by atoms with Crippen LogP contribution < -0.4 is 0 Å². The van der Waals surface area contributed by atoms with Gasteiger partial charge >= 0.3 is 0 Å². The van der Waals surface area contributed by atoms with E-state index in [1.807, 2.05) is 0 Å². The minimum absolute atomic E-state index is 0.192. The minimum atomic E-state index is -0.192. The molecule has 338 valence electrons. The molecule has 2 aliphatic carbocycles. The lowest BCUT2D eigenvalue weighted by Crippen LogP contribution is -2.15. The van der Waals surface area contributed by atoms with Crippen LogP contribution in [-0.2, 0) is 10.8 Å². The molecule has 17 rings (SSSR count). The average molecular weight is 923 g/mol. The number of hydrogen-bond acceptors (Lipinski definition) is 4. The molecule has 2 aliphatic rings. The van der Waals surface area contributed by atoms with Gasteiger partial charge in [0.15, 0.2) is 0 Å². The summed E-state index contributed by atoms with van der Waals surface area (Å²) in [6.45, 7) is 9.41. The topological polar surface area (TPSA) is 52.6 Å². The van der Waals surface area contributed by atoms with E-state index in [2.05, 4.69) is 210 Å². The quantitative estimate of drug-likeness (QED) is 0.173. The van der Waals surface area contributed by atoms with E-state index in [9.17, 15) is 0 Å². The van der Waals surface area contributed by atoms with Crippen molar-refractivity contribution in [1.29, 1.82) is 0 Å². The molecule has 4 aromatic heterocycles. The van der Waals surface area contributed by atoms with Gasteiger partial charge in [-0.2, -0.15) is 0 Å². The highest BCUT2D eigenvalue weighted by atomic mass is 16.3.